The van der Waals surface area contributed by atoms with Crippen LogP contribution >= 0.6 is 15.9 Å². The highest BCUT2D eigenvalue weighted by molar-refractivity contribution is 9.09. The number of halogens is 1. The Bertz CT molecular complexity index is 3480. The molecule has 0 aromatic heterocycles. The number of amides is 2. The SMILES string of the molecule is C=CC(C)[C@@H](O[Si](C)(C)C(C)(C)C)[C@H](C)/C=C(/C)CBr.C=CC(C)[C@@H](O[Si](C)(C)C(C)(C)C)[C@H](C)/C=C(/C)CN.C=CCCCCC(=O)CC/C(C)=C\[C@@H](C)[C@H](O[Si](C)(C)C(C)(C)C)[C@H](C=C)OC.C=CCCCCC(=O)NC/C(C)=C\[C@@H](C)[C@H](O[Si](C)(C)C(C)(C)C)[C@H](C=C)OC.CO[C@H]1/C=C/CCCCC(=O)CC/C(C)=C\[C@@H](C)[C@@H]1O.CO[C@H]1/C=C/CCCCC(=O)NC/C(C)=C\[C@@H](C)[C@@H]1O. The average molecular weight is 2070 g/mol. The van der Waals surface area contributed by atoms with Gasteiger partial charge in [-0.3, -0.25) is 19.2 Å². The highest BCUT2D eigenvalue weighted by Crippen LogP contribution is 2.44. The average Bonchev–Trinajstić information content (AvgIpc) is 0.824. The Hall–Kier alpha value is -4.45. The zero-order chi connectivity index (χ0) is 108. The lowest BCUT2D eigenvalue weighted by molar-refractivity contribution is -0.121. The number of rotatable bonds is 45. The molecule has 1 aliphatic carbocycles. The van der Waals surface area contributed by atoms with Gasteiger partial charge in [-0.2, -0.15) is 0 Å². The van der Waals surface area contributed by atoms with E-state index < -0.39 is 45.5 Å². The number of aliphatic hydroxyl groups excluding tert-OH is 2. The van der Waals surface area contributed by atoms with Gasteiger partial charge in [0.2, 0.25) is 11.8 Å². The first kappa shape index (κ1) is 140. The minimum Gasteiger partial charge on any atom is -0.413 e. The first-order valence-electron chi connectivity index (χ1n) is 51.9. The van der Waals surface area contributed by atoms with E-state index in [1.807, 2.05) is 95.4 Å². The molecule has 17 nitrogen and oxygen atoms in total. The summed E-state index contributed by atoms with van der Waals surface area (Å²) in [6, 6.07) is 0. The van der Waals surface area contributed by atoms with Gasteiger partial charge in [0.15, 0.2) is 33.3 Å². The summed E-state index contributed by atoms with van der Waals surface area (Å²) in [6.07, 6.45) is 47.6. The standard InChI is InChI=1S/C25H46O3Si.C24H45NO3Si.C17H33BrOSi.C17H35NOSi.C17H28O3.C16H27NO3/c1-11-13-14-15-16-22(26)18-17-20(3)19-21(4)24(23(12-2)27-8)28-29(9,10)25(5,6)7;1-11-13-14-15-16-22(26)25-18-19(3)17-20(4)23(21(12-2)27-8)28-29(9,10)24(5,6)7;2*1-10-14(3)16(15(4)11-13(2)12-18)19-20(8,9)17(5,6)7;1-13-10-11-15(18)8-6-4-5-7-9-16(20-3)17(19)14(2)12-13;1-12-10-13(2)16(19)14(20-3)8-6-4-5-7-9-15(18)17-11-12/h11-12,19,21,23-24H,1-2,13-18H2,3-10H3;11-12,17,20-21,23H,1-2,13-16,18H2,3-10H3,(H,25,26);10-11,14-16H,1,12H2,2-9H3;10-11,14-16H,1,12,18H2,2-9H3;7,9,12,14,16-17,19H,4-6,8,10-11H2,1-3H3;6,8,10,13-14,16,19H,4-5,7,9,11H2,1-3H3,(H,17,18)/b20-19-;19-17-;2*13-11-;9-7+,13-12-;8-6+,12-10-/t21-,23+,24+;20-,21+,23+;2*14?,15-,16-;14-,16+,17+;13-,14+,16+/m111111/s1. The van der Waals surface area contributed by atoms with Crippen molar-refractivity contribution >= 4 is 72.6 Å². The van der Waals surface area contributed by atoms with Crippen LogP contribution < -0.4 is 16.4 Å². The van der Waals surface area contributed by atoms with Gasteiger partial charge in [0.25, 0.3) is 0 Å². The summed E-state index contributed by atoms with van der Waals surface area (Å²) in [5.41, 5.74) is 12.9. The number of allylic oxidation sites excluding steroid dienone is 7. The maximum Gasteiger partial charge on any atom is 0.220 e. The van der Waals surface area contributed by atoms with Crippen LogP contribution in [0, 0.1) is 47.3 Å². The first-order chi connectivity index (χ1) is 63.8. The number of aliphatic hydroxyl groups is 2. The number of nitrogens with two attached hydrogens (primary N) is 1. The summed E-state index contributed by atoms with van der Waals surface area (Å²) in [5.74, 6) is 2.64. The Morgan fingerprint density at radius 3 is 1.21 bits per heavy atom. The molecule has 0 bridgehead atoms. The maximum atomic E-state index is 12.1. The molecule has 2 unspecified atom stereocenters. The molecule has 22 heteroatoms. The minimum atomic E-state index is -1.97. The fourth-order valence-corrected chi connectivity index (χ4v) is 20.6. The predicted molar refractivity (Wildman–Crippen MR) is 610 cm³/mol. The van der Waals surface area contributed by atoms with Crippen molar-refractivity contribution in [1.29, 1.82) is 0 Å². The first-order valence-corrected chi connectivity index (χ1v) is 64.6. The third-order valence-electron chi connectivity index (χ3n) is 28.2. The molecule has 0 aromatic carbocycles. The van der Waals surface area contributed by atoms with E-state index >= 15 is 0 Å². The van der Waals surface area contributed by atoms with E-state index in [0.717, 1.165) is 106 Å². The van der Waals surface area contributed by atoms with E-state index in [2.05, 4.69) is 300 Å². The Labute approximate surface area is 862 Å². The molecule has 18 atom stereocenters. The van der Waals surface area contributed by atoms with Crippen LogP contribution in [-0.4, -0.2) is 181 Å². The Kier molecular flexibility index (Phi) is 73.7. The molecule has 0 fully saturated rings. The Morgan fingerprint density at radius 1 is 0.486 bits per heavy atom. The van der Waals surface area contributed by atoms with Gasteiger partial charge in [0.05, 0.1) is 36.6 Å². The van der Waals surface area contributed by atoms with Gasteiger partial charge >= 0.3 is 0 Å². The molecular weight excluding hydrogens is 1850 g/mol. The van der Waals surface area contributed by atoms with Crippen molar-refractivity contribution in [2.24, 2.45) is 53.1 Å². The lowest BCUT2D eigenvalue weighted by Gasteiger charge is -2.42. The van der Waals surface area contributed by atoms with E-state index in [0.29, 0.717) is 93.4 Å². The minimum absolute atomic E-state index is 0.0163. The van der Waals surface area contributed by atoms with Crippen LogP contribution in [0.25, 0.3) is 0 Å². The van der Waals surface area contributed by atoms with E-state index in [1.165, 1.54) is 22.3 Å². The van der Waals surface area contributed by atoms with Crippen molar-refractivity contribution in [3.63, 3.8) is 0 Å². The van der Waals surface area contributed by atoms with Gasteiger partial charge < -0.3 is 63.2 Å². The van der Waals surface area contributed by atoms with Gasteiger partial charge in [-0.1, -0.05) is 285 Å². The van der Waals surface area contributed by atoms with Gasteiger partial charge in [0.1, 0.15) is 36.0 Å². The van der Waals surface area contributed by atoms with Crippen LogP contribution in [-0.2, 0) is 55.8 Å². The number of carbonyl (C=O) groups excluding carboxylic acids is 4. The topological polar surface area (TPSA) is 233 Å². The fraction of sp³-hybridized carbons (Fsp3) is 0.724. The number of methoxy groups -OCH3 is 4. The van der Waals surface area contributed by atoms with Crippen LogP contribution in [0.3, 0.4) is 0 Å². The van der Waals surface area contributed by atoms with Crippen LogP contribution in [0.15, 0.2) is 170 Å². The second-order valence-corrected chi connectivity index (χ2v) is 65.0. The van der Waals surface area contributed by atoms with E-state index in [1.54, 1.807) is 28.4 Å². The summed E-state index contributed by atoms with van der Waals surface area (Å²) in [5, 5.41) is 28.2. The van der Waals surface area contributed by atoms with Crippen LogP contribution in [0.2, 0.25) is 72.5 Å². The summed E-state index contributed by atoms with van der Waals surface area (Å²) in [4.78, 5) is 47.5. The smallest absolute Gasteiger partial charge is 0.220 e. The number of Topliss-reactive ketones (excluding diaryl/α,β-unsaturated/α-hetero) is 2. The monoisotopic (exact) mass is 2060 g/mol. The zero-order valence-corrected chi connectivity index (χ0v) is 101. The van der Waals surface area contributed by atoms with E-state index in [-0.39, 0.29) is 104 Å². The number of ether oxygens (including phenoxy) is 4. The molecule has 0 saturated heterocycles. The Morgan fingerprint density at radius 2 is 0.848 bits per heavy atom. The number of alkyl halides is 1. The Balaban J connectivity index is -0.000000787. The number of nitrogens with one attached hydrogen (secondary N) is 2. The van der Waals surface area contributed by atoms with Crippen LogP contribution in [0.4, 0.5) is 0 Å². The largest absolute Gasteiger partial charge is 0.413 e. The van der Waals surface area contributed by atoms with Gasteiger partial charge in [-0.15, -0.1) is 39.5 Å². The van der Waals surface area contributed by atoms with E-state index in [9.17, 15) is 29.4 Å². The molecule has 0 spiro atoms. The normalized spacial score (nSPS) is 22.2. The molecule has 138 heavy (non-hydrogen) atoms. The molecular formula is C116H214BrN3O14Si4. The van der Waals surface area contributed by atoms with Crippen molar-refractivity contribution in [1.82, 2.24) is 10.6 Å². The van der Waals surface area contributed by atoms with Crippen molar-refractivity contribution in [3.05, 3.63) is 170 Å². The summed E-state index contributed by atoms with van der Waals surface area (Å²) in [6.45, 7) is 99.9. The number of hydrogen-bond donors (Lipinski definition) is 5. The van der Waals surface area contributed by atoms with Gasteiger partial charge in [-0.25, -0.2) is 0 Å². The molecule has 6 N–H and O–H groups in total. The third-order valence-corrected chi connectivity index (χ3v) is 47.0. The molecule has 800 valence electrons. The molecule has 2 aliphatic rings. The van der Waals surface area contributed by atoms with Crippen molar-refractivity contribution < 1.29 is 66.0 Å². The quantitative estimate of drug-likeness (QED) is 0.0165. The molecule has 1 aliphatic heterocycles. The lowest BCUT2D eigenvalue weighted by atomic mass is 9.92. The molecule has 1 heterocycles. The molecule has 2 amide bonds. The second kappa shape index (κ2) is 72.8. The van der Waals surface area contributed by atoms with Crippen LogP contribution in [0.1, 0.15) is 308 Å². The van der Waals surface area contributed by atoms with Gasteiger partial charge in [0, 0.05) is 116 Å². The lowest BCUT2D eigenvalue weighted by Crippen LogP contribution is -2.49. The number of hydrogen-bond acceptors (Lipinski definition) is 15. The number of unbranched alkanes of at least 4 members (excludes halogenated alkanes) is 4. The second-order valence-electron chi connectivity index (χ2n) is 45.4. The molecule has 0 aromatic rings. The third kappa shape index (κ3) is 59.8. The predicted octanol–water partition coefficient (Wildman–Crippen LogP) is 29.8. The van der Waals surface area contributed by atoms with Crippen molar-refractivity contribution in [2.75, 3.05) is 53.4 Å². The maximum absolute atomic E-state index is 12.1. The van der Waals surface area contributed by atoms with Gasteiger partial charge in [-0.05, 0) is 228 Å². The molecule has 0 saturated carbocycles. The summed E-state index contributed by atoms with van der Waals surface area (Å²) < 4.78 is 48.8. The van der Waals surface area contributed by atoms with E-state index in [4.69, 9.17) is 42.4 Å². The summed E-state index contributed by atoms with van der Waals surface area (Å²) in [7, 11) is -0.808. The fourth-order valence-electron chi connectivity index (χ4n) is 14.7. The molecule has 2 rings (SSSR count). The molecule has 0 radical (unpaired) electrons. The highest BCUT2D eigenvalue weighted by atomic mass is 79.9. The van der Waals surface area contributed by atoms with Crippen molar-refractivity contribution in [2.45, 2.75) is 442 Å². The summed E-state index contributed by atoms with van der Waals surface area (Å²) >= 11 is 3.52. The van der Waals surface area contributed by atoms with Crippen LogP contribution in [0.5, 0.6) is 0 Å². The zero-order valence-electron chi connectivity index (χ0n) is 95.6. The van der Waals surface area contributed by atoms with Crippen molar-refractivity contribution in [3.8, 4) is 0 Å². The highest BCUT2D eigenvalue weighted by Gasteiger charge is 2.46. The number of ketones is 2. The number of carbonyl (C=O) groups is 4.